The van der Waals surface area contributed by atoms with Gasteiger partial charge in [-0.15, -0.1) is 0 Å². The molecule has 6 nitrogen and oxygen atoms in total. The summed E-state index contributed by atoms with van der Waals surface area (Å²) in [6, 6.07) is 10.6. The minimum Gasteiger partial charge on any atom is -0.318 e. The molecule has 2 aromatic rings. The zero-order chi connectivity index (χ0) is 21.4. The Balaban J connectivity index is 1.70. The molecule has 154 valence electrons. The fourth-order valence-electron chi connectivity index (χ4n) is 3.71. The summed E-state index contributed by atoms with van der Waals surface area (Å²) in [6.45, 7) is 8.30. The summed E-state index contributed by atoms with van der Waals surface area (Å²) in [5, 5.41) is 15.9. The number of hydrogen-bond acceptors (Lipinski definition) is 4. The van der Waals surface area contributed by atoms with Crippen molar-refractivity contribution in [2.75, 3.05) is 0 Å². The van der Waals surface area contributed by atoms with Crippen LogP contribution in [0, 0.1) is 19.3 Å². The number of hydrogen-bond donors (Lipinski definition) is 1. The summed E-state index contributed by atoms with van der Waals surface area (Å²) < 4.78 is 2.17. The zero-order valence-electron chi connectivity index (χ0n) is 17.7. The monoisotopic (exact) mass is 419 g/mol. The van der Waals surface area contributed by atoms with E-state index in [1.807, 2.05) is 19.9 Å². The van der Waals surface area contributed by atoms with E-state index >= 15 is 0 Å². The van der Waals surface area contributed by atoms with Crippen molar-refractivity contribution < 1.29 is 4.79 Å². The van der Waals surface area contributed by atoms with E-state index in [-0.39, 0.29) is 17.3 Å². The molecule has 0 radical (unpaired) electrons. The number of fused-ring (bicyclic) bond motifs is 1. The van der Waals surface area contributed by atoms with Gasteiger partial charge in [-0.1, -0.05) is 26.0 Å². The van der Waals surface area contributed by atoms with E-state index in [1.54, 1.807) is 6.08 Å². The van der Waals surface area contributed by atoms with E-state index in [1.165, 1.54) is 22.3 Å². The van der Waals surface area contributed by atoms with Gasteiger partial charge in [0.25, 0.3) is 5.91 Å². The molecule has 1 amide bonds. The van der Waals surface area contributed by atoms with Crippen LogP contribution in [-0.4, -0.2) is 31.5 Å². The second-order valence-electron chi connectivity index (χ2n) is 7.45. The third-order valence-corrected chi connectivity index (χ3v) is 6.30. The number of benzene rings is 1. The van der Waals surface area contributed by atoms with Crippen molar-refractivity contribution in [2.24, 2.45) is 10.1 Å². The van der Waals surface area contributed by atoms with Crippen molar-refractivity contribution in [3.05, 3.63) is 58.4 Å². The van der Waals surface area contributed by atoms with E-state index in [2.05, 4.69) is 52.8 Å². The molecule has 1 aromatic carbocycles. The van der Waals surface area contributed by atoms with Gasteiger partial charge in [-0.3, -0.25) is 10.2 Å². The Morgan fingerprint density at radius 1 is 1.17 bits per heavy atom. The second kappa shape index (κ2) is 8.07. The number of rotatable bonds is 5. The number of amidine groups is 2. The Morgan fingerprint density at radius 2 is 1.90 bits per heavy atom. The van der Waals surface area contributed by atoms with Gasteiger partial charge in [-0.25, -0.2) is 0 Å². The molecule has 0 unspecified atom stereocenters. The Morgan fingerprint density at radius 3 is 2.57 bits per heavy atom. The van der Waals surface area contributed by atoms with Crippen LogP contribution >= 0.6 is 11.8 Å². The molecular weight excluding hydrogens is 394 g/mol. The average Bonchev–Trinajstić information content (AvgIpc) is 3.25. The Hall–Kier alpha value is -2.93. The van der Waals surface area contributed by atoms with Crippen LogP contribution in [0.1, 0.15) is 49.2 Å². The number of amides is 1. The molecule has 2 aliphatic heterocycles. The van der Waals surface area contributed by atoms with Gasteiger partial charge in [-0.2, -0.15) is 15.1 Å². The topological polar surface area (TPSA) is 73.8 Å². The number of carbonyl (C=O) groups excluding carboxylic acids is 1. The summed E-state index contributed by atoms with van der Waals surface area (Å²) in [5.74, 6) is -0.301. The van der Waals surface area contributed by atoms with Crippen LogP contribution in [0.25, 0.3) is 11.8 Å². The van der Waals surface area contributed by atoms with E-state index in [0.29, 0.717) is 5.17 Å². The molecular formula is C23H25N5OS. The second-order valence-corrected chi connectivity index (χ2v) is 8.49. The van der Waals surface area contributed by atoms with Gasteiger partial charge >= 0.3 is 0 Å². The summed E-state index contributed by atoms with van der Waals surface area (Å²) in [4.78, 5) is 16.8. The van der Waals surface area contributed by atoms with Crippen LogP contribution in [0.3, 0.4) is 0 Å². The number of aromatic nitrogens is 1. The first kappa shape index (κ1) is 20.3. The quantitative estimate of drug-likeness (QED) is 0.687. The number of carbonyl (C=O) groups is 1. The van der Waals surface area contributed by atoms with Gasteiger partial charge in [-0.05, 0) is 80.3 Å². The molecule has 0 atom stereocenters. The maximum atomic E-state index is 12.7. The molecule has 3 heterocycles. The SMILES string of the molecule is CCCC1=NN2C(=N)/C(=C/c3cc(C)n(-c4ccc(CC)cc4)c3C)C(=O)N=C2S1. The Bertz CT molecular complexity index is 1120. The first-order valence-corrected chi connectivity index (χ1v) is 11.0. The van der Waals surface area contributed by atoms with Crippen LogP contribution in [-0.2, 0) is 11.2 Å². The number of nitrogens with one attached hydrogen (secondary N) is 1. The van der Waals surface area contributed by atoms with Gasteiger partial charge in [0.1, 0.15) is 5.04 Å². The molecule has 0 aliphatic carbocycles. The van der Waals surface area contributed by atoms with Crippen molar-refractivity contribution in [3.63, 3.8) is 0 Å². The van der Waals surface area contributed by atoms with Crippen LogP contribution in [0.4, 0.5) is 0 Å². The number of thioether (sulfide) groups is 1. The molecule has 1 aromatic heterocycles. The predicted octanol–water partition coefficient (Wildman–Crippen LogP) is 5.08. The van der Waals surface area contributed by atoms with Gasteiger partial charge in [0.15, 0.2) is 5.84 Å². The molecule has 7 heteroatoms. The standard InChI is InChI=1S/C23H25N5OS/c1-5-7-20-26-28-21(24)19(22(29)25-23(28)30-20)13-17-12-14(3)27(15(17)4)18-10-8-16(6-2)9-11-18/h8-13,24H,5-7H2,1-4H3/b19-13-,24-21?. The fourth-order valence-corrected chi connectivity index (χ4v) is 4.70. The maximum absolute atomic E-state index is 12.7. The van der Waals surface area contributed by atoms with Gasteiger partial charge < -0.3 is 4.57 Å². The summed E-state index contributed by atoms with van der Waals surface area (Å²) >= 11 is 1.38. The highest BCUT2D eigenvalue weighted by molar-refractivity contribution is 8.26. The molecule has 0 fully saturated rings. The summed E-state index contributed by atoms with van der Waals surface area (Å²) in [6.07, 6.45) is 4.55. The number of aryl methyl sites for hydroxylation is 2. The lowest BCUT2D eigenvalue weighted by molar-refractivity contribution is -0.114. The molecule has 0 saturated heterocycles. The average molecular weight is 420 g/mol. The zero-order valence-corrected chi connectivity index (χ0v) is 18.5. The molecule has 4 rings (SSSR count). The van der Waals surface area contributed by atoms with Crippen LogP contribution in [0.2, 0.25) is 0 Å². The largest absolute Gasteiger partial charge is 0.318 e. The summed E-state index contributed by atoms with van der Waals surface area (Å²) in [5.41, 5.74) is 5.64. The third-order valence-electron chi connectivity index (χ3n) is 5.33. The van der Waals surface area contributed by atoms with E-state index in [0.717, 1.165) is 46.9 Å². The lowest BCUT2D eigenvalue weighted by Gasteiger charge is -2.20. The molecule has 0 bridgehead atoms. The number of aliphatic imine (C=N–C) groups is 1. The third kappa shape index (κ3) is 3.54. The molecule has 1 N–H and O–H groups in total. The lowest BCUT2D eigenvalue weighted by atomic mass is 10.1. The lowest BCUT2D eigenvalue weighted by Crippen LogP contribution is -2.35. The van der Waals surface area contributed by atoms with E-state index < -0.39 is 0 Å². The van der Waals surface area contributed by atoms with Crippen molar-refractivity contribution in [2.45, 2.75) is 47.0 Å². The Labute approximate surface area is 180 Å². The molecule has 2 aliphatic rings. The van der Waals surface area contributed by atoms with E-state index in [4.69, 9.17) is 5.41 Å². The van der Waals surface area contributed by atoms with Crippen molar-refractivity contribution in [3.8, 4) is 5.69 Å². The highest BCUT2D eigenvalue weighted by atomic mass is 32.2. The number of nitrogens with zero attached hydrogens (tertiary/aromatic N) is 4. The highest BCUT2D eigenvalue weighted by Crippen LogP contribution is 2.31. The fraction of sp³-hybridized carbons (Fsp3) is 0.304. The molecule has 30 heavy (non-hydrogen) atoms. The minimum absolute atomic E-state index is 0.0840. The minimum atomic E-state index is -0.385. The van der Waals surface area contributed by atoms with Gasteiger partial charge in [0.05, 0.1) is 5.57 Å². The van der Waals surface area contributed by atoms with Gasteiger partial charge in [0, 0.05) is 17.1 Å². The van der Waals surface area contributed by atoms with Crippen molar-refractivity contribution in [1.29, 1.82) is 5.41 Å². The highest BCUT2D eigenvalue weighted by Gasteiger charge is 2.35. The van der Waals surface area contributed by atoms with Crippen LogP contribution < -0.4 is 0 Å². The predicted molar refractivity (Wildman–Crippen MR) is 125 cm³/mol. The normalized spacial score (nSPS) is 17.5. The number of hydrazone groups is 1. The molecule has 0 spiro atoms. The Kier molecular flexibility index (Phi) is 5.47. The van der Waals surface area contributed by atoms with Crippen LogP contribution in [0.5, 0.6) is 0 Å². The van der Waals surface area contributed by atoms with Gasteiger partial charge in [0.2, 0.25) is 5.17 Å². The maximum Gasteiger partial charge on any atom is 0.283 e. The van der Waals surface area contributed by atoms with Crippen LogP contribution in [0.15, 0.2) is 46.0 Å². The first-order chi connectivity index (χ1) is 14.4. The first-order valence-electron chi connectivity index (χ1n) is 10.2. The summed E-state index contributed by atoms with van der Waals surface area (Å²) in [7, 11) is 0. The molecule has 0 saturated carbocycles. The van der Waals surface area contributed by atoms with Crippen molar-refractivity contribution >= 4 is 39.8 Å². The van der Waals surface area contributed by atoms with Crippen molar-refractivity contribution in [1.82, 2.24) is 9.58 Å². The smallest absolute Gasteiger partial charge is 0.283 e. The van der Waals surface area contributed by atoms with E-state index in [9.17, 15) is 4.79 Å².